The molecule has 0 spiro atoms. The van der Waals surface area contributed by atoms with Gasteiger partial charge < -0.3 is 5.11 Å². The summed E-state index contributed by atoms with van der Waals surface area (Å²) >= 11 is 0. The van der Waals surface area contributed by atoms with Gasteiger partial charge in [-0.15, -0.1) is 0 Å². The Kier molecular flexibility index (Phi) is 4.29. The highest BCUT2D eigenvalue weighted by Crippen LogP contribution is 2.34. The fourth-order valence-corrected chi connectivity index (χ4v) is 4.23. The lowest BCUT2D eigenvalue weighted by molar-refractivity contribution is -0.138. The Morgan fingerprint density at radius 3 is 2.48 bits per heavy atom. The Labute approximate surface area is 121 Å². The van der Waals surface area contributed by atoms with Gasteiger partial charge in [-0.3, -0.25) is 4.79 Å². The van der Waals surface area contributed by atoms with Gasteiger partial charge in [0.15, 0.2) is 0 Å². The van der Waals surface area contributed by atoms with Crippen LogP contribution < -0.4 is 4.72 Å². The van der Waals surface area contributed by atoms with Crippen LogP contribution in [-0.4, -0.2) is 25.0 Å². The molecule has 21 heavy (non-hydrogen) atoms. The fraction of sp³-hybridized carbons (Fsp3) is 0.462. The maximum atomic E-state index is 13.6. The molecule has 0 radical (unpaired) electrons. The van der Waals surface area contributed by atoms with E-state index in [1.807, 2.05) is 0 Å². The van der Waals surface area contributed by atoms with Gasteiger partial charge in [-0.2, -0.15) is 0 Å². The highest BCUT2D eigenvalue weighted by atomic mass is 32.2. The third kappa shape index (κ3) is 3.56. The summed E-state index contributed by atoms with van der Waals surface area (Å²) in [5.41, 5.74) is -1.14. The average Bonchev–Trinajstić information content (AvgIpc) is 2.78. The predicted molar refractivity (Wildman–Crippen MR) is 70.1 cm³/mol. The van der Waals surface area contributed by atoms with Crippen LogP contribution in [0.15, 0.2) is 23.1 Å². The number of carboxylic acids is 1. The fourth-order valence-electron chi connectivity index (χ4n) is 2.68. The molecule has 0 amide bonds. The molecule has 2 N–H and O–H groups in total. The van der Waals surface area contributed by atoms with Gasteiger partial charge in [-0.05, 0) is 31.0 Å². The van der Waals surface area contributed by atoms with Gasteiger partial charge in [0.1, 0.15) is 16.5 Å². The second-order valence-electron chi connectivity index (χ2n) is 5.24. The van der Waals surface area contributed by atoms with Crippen LogP contribution in [0.25, 0.3) is 0 Å². The molecule has 0 aromatic heterocycles. The van der Waals surface area contributed by atoms with Crippen LogP contribution in [0.1, 0.15) is 32.1 Å². The van der Waals surface area contributed by atoms with Crippen LogP contribution in [0.5, 0.6) is 0 Å². The van der Waals surface area contributed by atoms with Crippen LogP contribution >= 0.6 is 0 Å². The molecule has 1 aliphatic carbocycles. The van der Waals surface area contributed by atoms with E-state index in [1.54, 1.807) is 0 Å². The maximum absolute atomic E-state index is 13.6. The lowest BCUT2D eigenvalue weighted by Crippen LogP contribution is -2.47. The zero-order valence-electron chi connectivity index (χ0n) is 11.1. The molecule has 1 saturated carbocycles. The van der Waals surface area contributed by atoms with Crippen molar-refractivity contribution >= 4 is 16.0 Å². The molecule has 1 aromatic carbocycles. The summed E-state index contributed by atoms with van der Waals surface area (Å²) < 4.78 is 53.5. The van der Waals surface area contributed by atoms with Crippen LogP contribution in [0.3, 0.4) is 0 Å². The third-order valence-electron chi connectivity index (χ3n) is 3.58. The number of aliphatic carboxylic acids is 1. The minimum Gasteiger partial charge on any atom is -0.481 e. The van der Waals surface area contributed by atoms with Crippen molar-refractivity contribution < 1.29 is 27.1 Å². The Bertz CT molecular complexity index is 654. The molecule has 2 rings (SSSR count). The summed E-state index contributed by atoms with van der Waals surface area (Å²) in [5.74, 6) is -3.10. The van der Waals surface area contributed by atoms with Gasteiger partial charge in [-0.1, -0.05) is 12.8 Å². The number of hydrogen-bond donors (Lipinski definition) is 2. The minimum atomic E-state index is -4.33. The average molecular weight is 319 g/mol. The number of halogens is 2. The van der Waals surface area contributed by atoms with Crippen molar-refractivity contribution in [1.29, 1.82) is 0 Å². The molecule has 5 nitrogen and oxygen atoms in total. The molecule has 1 aromatic rings. The van der Waals surface area contributed by atoms with E-state index in [-0.39, 0.29) is 6.42 Å². The highest BCUT2D eigenvalue weighted by molar-refractivity contribution is 7.89. The first kappa shape index (κ1) is 15.8. The topological polar surface area (TPSA) is 83.5 Å². The summed E-state index contributed by atoms with van der Waals surface area (Å²) in [5, 5.41) is 8.94. The maximum Gasteiger partial charge on any atom is 0.305 e. The summed E-state index contributed by atoms with van der Waals surface area (Å²) in [6, 6.07) is 2.13. The number of benzene rings is 1. The molecule has 0 bridgehead atoms. The van der Waals surface area contributed by atoms with E-state index in [1.165, 1.54) is 0 Å². The van der Waals surface area contributed by atoms with E-state index in [0.29, 0.717) is 31.7 Å². The Morgan fingerprint density at radius 1 is 1.29 bits per heavy atom. The van der Waals surface area contributed by atoms with E-state index in [2.05, 4.69) is 4.72 Å². The number of sulfonamides is 1. The monoisotopic (exact) mass is 319 g/mol. The van der Waals surface area contributed by atoms with Crippen LogP contribution in [0.4, 0.5) is 8.78 Å². The number of hydrogen-bond acceptors (Lipinski definition) is 3. The number of rotatable bonds is 5. The van der Waals surface area contributed by atoms with Gasteiger partial charge in [0, 0.05) is 5.54 Å². The van der Waals surface area contributed by atoms with Gasteiger partial charge in [0.05, 0.1) is 6.42 Å². The molecule has 0 heterocycles. The van der Waals surface area contributed by atoms with Crippen molar-refractivity contribution in [3.63, 3.8) is 0 Å². The van der Waals surface area contributed by atoms with Crippen molar-refractivity contribution in [3.8, 4) is 0 Å². The normalized spacial score (nSPS) is 17.8. The van der Waals surface area contributed by atoms with Crippen molar-refractivity contribution in [2.24, 2.45) is 0 Å². The zero-order valence-corrected chi connectivity index (χ0v) is 11.9. The standard InChI is InChI=1S/C13H15F2NO4S/c14-9-3-4-10(15)11(7-9)21(19,20)16-13(8-12(17)18)5-1-2-6-13/h3-4,7,16H,1-2,5-6,8H2,(H,17,18). The van der Waals surface area contributed by atoms with Crippen molar-refractivity contribution in [3.05, 3.63) is 29.8 Å². The molecule has 0 unspecified atom stereocenters. The van der Waals surface area contributed by atoms with Gasteiger partial charge in [0.2, 0.25) is 10.0 Å². The largest absolute Gasteiger partial charge is 0.481 e. The zero-order chi connectivity index (χ0) is 15.7. The van der Waals surface area contributed by atoms with Gasteiger partial charge in [-0.25, -0.2) is 21.9 Å². The molecule has 0 atom stereocenters. The molecule has 0 saturated heterocycles. The molecular formula is C13H15F2NO4S. The Balaban J connectivity index is 2.35. The highest BCUT2D eigenvalue weighted by Gasteiger charge is 2.40. The lowest BCUT2D eigenvalue weighted by atomic mass is 9.95. The predicted octanol–water partition coefficient (Wildman–Crippen LogP) is 2.03. The minimum absolute atomic E-state index is 0.357. The third-order valence-corrected chi connectivity index (χ3v) is 5.18. The van der Waals surface area contributed by atoms with Crippen LogP contribution in [0.2, 0.25) is 0 Å². The number of nitrogens with one attached hydrogen (secondary N) is 1. The smallest absolute Gasteiger partial charge is 0.305 e. The molecule has 0 aliphatic heterocycles. The molecular weight excluding hydrogens is 304 g/mol. The van der Waals surface area contributed by atoms with E-state index < -0.39 is 38.1 Å². The Hall–Kier alpha value is -1.54. The summed E-state index contributed by atoms with van der Waals surface area (Å²) in [7, 11) is -4.33. The summed E-state index contributed by atoms with van der Waals surface area (Å²) in [4.78, 5) is 10.1. The van der Waals surface area contributed by atoms with Crippen molar-refractivity contribution in [2.45, 2.75) is 42.5 Å². The van der Waals surface area contributed by atoms with Crippen molar-refractivity contribution in [1.82, 2.24) is 4.72 Å². The first-order chi connectivity index (χ1) is 9.74. The van der Waals surface area contributed by atoms with Gasteiger partial charge >= 0.3 is 5.97 Å². The Morgan fingerprint density at radius 2 is 1.90 bits per heavy atom. The first-order valence-electron chi connectivity index (χ1n) is 6.45. The molecule has 1 aliphatic rings. The molecule has 8 heteroatoms. The first-order valence-corrected chi connectivity index (χ1v) is 7.93. The SMILES string of the molecule is O=C(O)CC1(NS(=O)(=O)c2cc(F)ccc2F)CCCC1. The van der Waals surface area contributed by atoms with E-state index in [9.17, 15) is 22.0 Å². The van der Waals surface area contributed by atoms with E-state index >= 15 is 0 Å². The number of carbonyl (C=O) groups is 1. The lowest BCUT2D eigenvalue weighted by Gasteiger charge is -2.28. The molecule has 1 fully saturated rings. The summed E-state index contributed by atoms with van der Waals surface area (Å²) in [6.07, 6.45) is 1.69. The van der Waals surface area contributed by atoms with Crippen LogP contribution in [0, 0.1) is 11.6 Å². The quantitative estimate of drug-likeness (QED) is 0.870. The van der Waals surface area contributed by atoms with Gasteiger partial charge in [0.25, 0.3) is 0 Å². The molecule has 116 valence electrons. The van der Waals surface area contributed by atoms with E-state index in [4.69, 9.17) is 5.11 Å². The van der Waals surface area contributed by atoms with Crippen molar-refractivity contribution in [2.75, 3.05) is 0 Å². The van der Waals surface area contributed by atoms with Crippen LogP contribution in [-0.2, 0) is 14.8 Å². The second kappa shape index (κ2) is 5.69. The number of carboxylic acid groups (broad SMARTS) is 1. The summed E-state index contributed by atoms with van der Waals surface area (Å²) in [6.45, 7) is 0. The second-order valence-corrected chi connectivity index (χ2v) is 6.89. The van der Waals surface area contributed by atoms with E-state index in [0.717, 1.165) is 12.1 Å².